The predicted molar refractivity (Wildman–Crippen MR) is 74.6 cm³/mol. The van der Waals surface area contributed by atoms with Gasteiger partial charge in [-0.3, -0.25) is 4.79 Å². The van der Waals surface area contributed by atoms with Gasteiger partial charge in [-0.25, -0.2) is 4.98 Å². The van der Waals surface area contributed by atoms with E-state index in [9.17, 15) is 4.79 Å². The second kappa shape index (κ2) is 7.55. The first-order chi connectivity index (χ1) is 9.06. The largest absolute Gasteiger partial charge is 0.395 e. The lowest BCUT2D eigenvalue weighted by Crippen LogP contribution is -2.31. The van der Waals surface area contributed by atoms with Crippen LogP contribution < -0.4 is 0 Å². The summed E-state index contributed by atoms with van der Waals surface area (Å²) in [4.78, 5) is 18.1. The fourth-order valence-corrected chi connectivity index (χ4v) is 1.70. The van der Waals surface area contributed by atoms with Crippen molar-refractivity contribution in [1.29, 1.82) is 0 Å². The average Bonchev–Trinajstić information content (AvgIpc) is 2.38. The number of aromatic nitrogens is 1. The Morgan fingerprint density at radius 3 is 2.89 bits per heavy atom. The van der Waals surface area contributed by atoms with Gasteiger partial charge < -0.3 is 10.0 Å². The van der Waals surface area contributed by atoms with Crippen LogP contribution >= 0.6 is 0 Å². The molecule has 0 fully saturated rings. The summed E-state index contributed by atoms with van der Waals surface area (Å²) in [6.07, 6.45) is 1.98. The first-order valence-corrected chi connectivity index (χ1v) is 6.36. The average molecular weight is 260 g/mol. The van der Waals surface area contributed by atoms with E-state index in [-0.39, 0.29) is 12.5 Å². The highest BCUT2D eigenvalue weighted by molar-refractivity contribution is 5.94. The summed E-state index contributed by atoms with van der Waals surface area (Å²) >= 11 is 0. The summed E-state index contributed by atoms with van der Waals surface area (Å²) in [6, 6.07) is 3.52. The zero-order chi connectivity index (χ0) is 14.3. The molecule has 0 saturated heterocycles. The molecule has 1 aromatic rings. The molecule has 4 heteroatoms. The van der Waals surface area contributed by atoms with Gasteiger partial charge in [0.2, 0.25) is 0 Å². The molecule has 0 spiro atoms. The third-order valence-corrected chi connectivity index (χ3v) is 2.46. The van der Waals surface area contributed by atoms with E-state index in [4.69, 9.17) is 5.11 Å². The van der Waals surface area contributed by atoms with E-state index in [0.29, 0.717) is 30.1 Å². The van der Waals surface area contributed by atoms with E-state index in [1.54, 1.807) is 30.3 Å². The van der Waals surface area contributed by atoms with Crippen molar-refractivity contribution in [2.45, 2.75) is 20.3 Å². The molecular weight excluding hydrogens is 240 g/mol. The number of nitrogens with zero attached hydrogens (tertiary/aromatic N) is 2. The van der Waals surface area contributed by atoms with Crippen LogP contribution in [0, 0.1) is 17.8 Å². The highest BCUT2D eigenvalue weighted by Crippen LogP contribution is 2.08. The number of rotatable bonds is 4. The normalized spacial score (nSPS) is 9.95. The Labute approximate surface area is 114 Å². The predicted octanol–water partition coefficient (Wildman–Crippen LogP) is 1.54. The van der Waals surface area contributed by atoms with Crippen LogP contribution in [0.2, 0.25) is 0 Å². The van der Waals surface area contributed by atoms with Gasteiger partial charge in [0, 0.05) is 26.2 Å². The van der Waals surface area contributed by atoms with Crippen molar-refractivity contribution in [3.05, 3.63) is 29.6 Å². The van der Waals surface area contributed by atoms with Gasteiger partial charge in [0.05, 0.1) is 12.2 Å². The molecule has 0 bridgehead atoms. The van der Waals surface area contributed by atoms with Crippen molar-refractivity contribution < 1.29 is 9.90 Å². The van der Waals surface area contributed by atoms with Crippen LogP contribution in [0.15, 0.2) is 18.3 Å². The molecule has 0 saturated carbocycles. The minimum absolute atomic E-state index is 0.0177. The number of hydrogen-bond donors (Lipinski definition) is 1. The Bertz CT molecular complexity index is 486. The summed E-state index contributed by atoms with van der Waals surface area (Å²) in [5.74, 6) is 5.98. The highest BCUT2D eigenvalue weighted by atomic mass is 16.2. The molecule has 0 aliphatic rings. The Kier molecular flexibility index (Phi) is 6.04. The van der Waals surface area contributed by atoms with Gasteiger partial charge in [0.1, 0.15) is 5.69 Å². The summed E-state index contributed by atoms with van der Waals surface area (Å²) in [6.45, 7) is 4.82. The van der Waals surface area contributed by atoms with E-state index in [1.807, 2.05) is 0 Å². The smallest absolute Gasteiger partial charge is 0.273 e. The van der Waals surface area contributed by atoms with Gasteiger partial charge in [0.25, 0.3) is 5.91 Å². The molecule has 19 heavy (non-hydrogen) atoms. The van der Waals surface area contributed by atoms with Crippen molar-refractivity contribution in [3.63, 3.8) is 0 Å². The lowest BCUT2D eigenvalue weighted by atomic mass is 10.1. The highest BCUT2D eigenvalue weighted by Gasteiger charge is 2.16. The van der Waals surface area contributed by atoms with Gasteiger partial charge in [-0.1, -0.05) is 25.7 Å². The minimum Gasteiger partial charge on any atom is -0.395 e. The summed E-state index contributed by atoms with van der Waals surface area (Å²) in [7, 11) is 1.77. The number of aliphatic hydroxyl groups is 1. The molecule has 1 amide bonds. The molecule has 0 radical (unpaired) electrons. The first kappa shape index (κ1) is 15.2. The van der Waals surface area contributed by atoms with E-state index in [2.05, 4.69) is 30.7 Å². The SMILES string of the molecule is CC(C)CN(C)C(=O)c1ncccc1C#CCCO. The van der Waals surface area contributed by atoms with Gasteiger partial charge in [0.15, 0.2) is 0 Å². The van der Waals surface area contributed by atoms with Crippen molar-refractivity contribution in [2.75, 3.05) is 20.2 Å². The maximum Gasteiger partial charge on any atom is 0.273 e. The monoisotopic (exact) mass is 260 g/mol. The Hall–Kier alpha value is -1.86. The minimum atomic E-state index is -0.123. The number of hydrogen-bond acceptors (Lipinski definition) is 3. The molecule has 102 valence electrons. The molecule has 0 aliphatic heterocycles. The van der Waals surface area contributed by atoms with E-state index in [1.165, 1.54) is 0 Å². The van der Waals surface area contributed by atoms with E-state index >= 15 is 0 Å². The number of aliphatic hydroxyl groups excluding tert-OH is 1. The van der Waals surface area contributed by atoms with Crippen LogP contribution in [-0.2, 0) is 0 Å². The molecule has 0 unspecified atom stereocenters. The second-order valence-corrected chi connectivity index (χ2v) is 4.75. The van der Waals surface area contributed by atoms with Crippen molar-refractivity contribution in [2.24, 2.45) is 5.92 Å². The van der Waals surface area contributed by atoms with Crippen LogP contribution in [0.4, 0.5) is 0 Å². The maximum atomic E-state index is 12.3. The molecule has 0 aromatic carbocycles. The Balaban J connectivity index is 2.94. The molecule has 0 aliphatic carbocycles. The molecule has 4 nitrogen and oxygen atoms in total. The zero-order valence-electron chi connectivity index (χ0n) is 11.7. The number of carbonyl (C=O) groups excluding carboxylic acids is 1. The fraction of sp³-hybridized carbons (Fsp3) is 0.467. The van der Waals surface area contributed by atoms with Crippen LogP contribution in [0.1, 0.15) is 36.3 Å². The lowest BCUT2D eigenvalue weighted by molar-refractivity contribution is 0.0773. The van der Waals surface area contributed by atoms with Crippen LogP contribution in [0.5, 0.6) is 0 Å². The summed E-state index contributed by atoms with van der Waals surface area (Å²) < 4.78 is 0. The number of amides is 1. The van der Waals surface area contributed by atoms with Gasteiger partial charge in [-0.15, -0.1) is 0 Å². The molecule has 1 aromatic heterocycles. The molecule has 1 N–H and O–H groups in total. The first-order valence-electron chi connectivity index (χ1n) is 6.36. The van der Waals surface area contributed by atoms with Crippen LogP contribution in [-0.4, -0.2) is 41.1 Å². The van der Waals surface area contributed by atoms with Crippen molar-refractivity contribution >= 4 is 5.91 Å². The Morgan fingerprint density at radius 1 is 1.53 bits per heavy atom. The third-order valence-electron chi connectivity index (χ3n) is 2.46. The molecule has 1 heterocycles. The van der Waals surface area contributed by atoms with Gasteiger partial charge in [-0.05, 0) is 18.1 Å². The summed E-state index contributed by atoms with van der Waals surface area (Å²) in [5.41, 5.74) is 0.979. The zero-order valence-corrected chi connectivity index (χ0v) is 11.7. The van der Waals surface area contributed by atoms with Crippen LogP contribution in [0.3, 0.4) is 0 Å². The number of carbonyl (C=O) groups is 1. The standard InChI is InChI=1S/C15H20N2O2/c1-12(2)11-17(3)15(19)14-13(7-4-5-10-18)8-6-9-16-14/h6,8-9,12,18H,5,10-11H2,1-3H3. The number of pyridine rings is 1. The Morgan fingerprint density at radius 2 is 2.26 bits per heavy atom. The van der Waals surface area contributed by atoms with Gasteiger partial charge in [-0.2, -0.15) is 0 Å². The fourth-order valence-electron chi connectivity index (χ4n) is 1.70. The second-order valence-electron chi connectivity index (χ2n) is 4.75. The third kappa shape index (κ3) is 4.72. The molecule has 1 rings (SSSR count). The van der Waals surface area contributed by atoms with Crippen LogP contribution in [0.25, 0.3) is 0 Å². The quantitative estimate of drug-likeness (QED) is 0.836. The van der Waals surface area contributed by atoms with Crippen molar-refractivity contribution in [3.8, 4) is 11.8 Å². The topological polar surface area (TPSA) is 53.4 Å². The molecule has 0 atom stereocenters. The lowest BCUT2D eigenvalue weighted by Gasteiger charge is -2.19. The van der Waals surface area contributed by atoms with E-state index < -0.39 is 0 Å². The van der Waals surface area contributed by atoms with E-state index in [0.717, 1.165) is 0 Å². The van der Waals surface area contributed by atoms with Gasteiger partial charge >= 0.3 is 0 Å². The summed E-state index contributed by atoms with van der Waals surface area (Å²) in [5, 5.41) is 8.72. The molecular formula is C15H20N2O2. The van der Waals surface area contributed by atoms with Crippen molar-refractivity contribution in [1.82, 2.24) is 9.88 Å². The maximum absolute atomic E-state index is 12.3.